The van der Waals surface area contributed by atoms with Crippen molar-refractivity contribution < 1.29 is 8.83 Å². The normalized spacial score (nSPS) is 9.69. The molecule has 26 heavy (non-hydrogen) atoms. The molecule has 0 unspecified atom stereocenters. The second kappa shape index (κ2) is 8.53. The summed E-state index contributed by atoms with van der Waals surface area (Å²) in [5, 5.41) is 2.32. The topological polar surface area (TPSA) is 90.4 Å². The van der Waals surface area contributed by atoms with Gasteiger partial charge < -0.3 is 14.6 Å². The maximum absolute atomic E-state index is 5.60. The summed E-state index contributed by atoms with van der Waals surface area (Å²) >= 11 is 4.52. The van der Waals surface area contributed by atoms with Gasteiger partial charge in [0.1, 0.15) is 0 Å². The minimum atomic E-state index is 0.714. The second-order valence-corrected chi connectivity index (χ2v) is 5.29. The van der Waals surface area contributed by atoms with Crippen LogP contribution in [-0.2, 0) is 0 Å². The van der Waals surface area contributed by atoms with Gasteiger partial charge in [-0.2, -0.15) is 4.99 Å². The standard InChI is InChI=1S/C10H6N2OS.C9H8N2O/c14-7-12-9-3-1-2-8(4-9)10-5-11-6-13-10;10-8-3-1-2-7(4-8)9-5-11-6-12-9/h1-6H;1-6H,10H2. The summed E-state index contributed by atoms with van der Waals surface area (Å²) in [6.45, 7) is 0. The highest BCUT2D eigenvalue weighted by Crippen LogP contribution is 2.23. The Balaban J connectivity index is 0.000000152. The Morgan fingerprint density at radius 2 is 1.50 bits per heavy atom. The number of anilines is 1. The van der Waals surface area contributed by atoms with Crippen molar-refractivity contribution >= 4 is 28.8 Å². The molecule has 128 valence electrons. The maximum Gasteiger partial charge on any atom is 0.181 e. The Labute approximate surface area is 155 Å². The van der Waals surface area contributed by atoms with E-state index < -0.39 is 0 Å². The van der Waals surface area contributed by atoms with Crippen LogP contribution in [0.15, 0.2) is 87.5 Å². The summed E-state index contributed by atoms with van der Waals surface area (Å²) in [7, 11) is 0. The molecule has 0 atom stereocenters. The van der Waals surface area contributed by atoms with E-state index in [9.17, 15) is 0 Å². The summed E-state index contributed by atoms with van der Waals surface area (Å²) < 4.78 is 10.3. The summed E-state index contributed by atoms with van der Waals surface area (Å²) in [6.07, 6.45) is 6.11. The van der Waals surface area contributed by atoms with E-state index in [1.807, 2.05) is 48.5 Å². The van der Waals surface area contributed by atoms with Gasteiger partial charge in [0.2, 0.25) is 0 Å². The van der Waals surface area contributed by atoms with Crippen molar-refractivity contribution in [1.29, 1.82) is 0 Å². The summed E-state index contributed by atoms with van der Waals surface area (Å²) in [5.74, 6) is 1.45. The Kier molecular flexibility index (Phi) is 5.67. The second-order valence-electron chi connectivity index (χ2n) is 5.11. The van der Waals surface area contributed by atoms with Crippen molar-refractivity contribution in [2.24, 2.45) is 4.99 Å². The number of aliphatic imine (C=N–C) groups is 1. The number of aromatic nitrogens is 2. The van der Waals surface area contributed by atoms with Crippen molar-refractivity contribution in [3.05, 3.63) is 73.7 Å². The number of nitrogens with two attached hydrogens (primary N) is 1. The first-order chi connectivity index (χ1) is 12.8. The van der Waals surface area contributed by atoms with Gasteiger partial charge in [-0.25, -0.2) is 9.97 Å². The Morgan fingerprint density at radius 1 is 0.885 bits per heavy atom. The van der Waals surface area contributed by atoms with E-state index >= 15 is 0 Å². The number of nitrogen functional groups attached to an aromatic ring is 1. The lowest BCUT2D eigenvalue weighted by molar-refractivity contribution is 0.571. The zero-order valence-corrected chi connectivity index (χ0v) is 14.4. The van der Waals surface area contributed by atoms with Crippen molar-refractivity contribution in [1.82, 2.24) is 9.97 Å². The number of oxazole rings is 2. The first-order valence-corrected chi connectivity index (χ1v) is 7.98. The number of benzene rings is 2. The minimum Gasteiger partial charge on any atom is -0.444 e. The monoisotopic (exact) mass is 362 g/mol. The van der Waals surface area contributed by atoms with E-state index in [-0.39, 0.29) is 0 Å². The van der Waals surface area contributed by atoms with Crippen LogP contribution >= 0.6 is 12.2 Å². The van der Waals surface area contributed by atoms with Crippen molar-refractivity contribution in [3.63, 3.8) is 0 Å². The lowest BCUT2D eigenvalue weighted by Gasteiger charge is -1.96. The van der Waals surface area contributed by atoms with Crippen LogP contribution in [-0.4, -0.2) is 15.1 Å². The largest absolute Gasteiger partial charge is 0.444 e. The molecule has 0 aliphatic carbocycles. The van der Waals surface area contributed by atoms with Gasteiger partial charge in [0, 0.05) is 16.8 Å². The van der Waals surface area contributed by atoms with Crippen LogP contribution in [0.25, 0.3) is 22.6 Å². The van der Waals surface area contributed by atoms with E-state index in [1.165, 1.54) is 12.8 Å². The van der Waals surface area contributed by atoms with Gasteiger partial charge in [0.25, 0.3) is 0 Å². The number of hydrogen-bond donors (Lipinski definition) is 1. The maximum atomic E-state index is 5.60. The van der Waals surface area contributed by atoms with E-state index in [2.05, 4.69) is 32.3 Å². The van der Waals surface area contributed by atoms with Crippen molar-refractivity contribution in [3.8, 4) is 22.6 Å². The van der Waals surface area contributed by atoms with Crippen molar-refractivity contribution in [2.45, 2.75) is 0 Å². The molecule has 0 aliphatic rings. The molecule has 2 aromatic carbocycles. The Morgan fingerprint density at radius 3 is 2.04 bits per heavy atom. The highest BCUT2D eigenvalue weighted by Gasteiger charge is 2.01. The molecule has 2 aromatic heterocycles. The minimum absolute atomic E-state index is 0.714. The molecule has 0 bridgehead atoms. The van der Waals surface area contributed by atoms with Crippen LogP contribution < -0.4 is 5.73 Å². The number of nitrogens with zero attached hydrogens (tertiary/aromatic N) is 3. The third-order valence-corrected chi connectivity index (χ3v) is 3.43. The van der Waals surface area contributed by atoms with E-state index in [1.54, 1.807) is 12.4 Å². The van der Waals surface area contributed by atoms with Crippen LogP contribution in [0.5, 0.6) is 0 Å². The molecule has 7 heteroatoms. The fraction of sp³-hybridized carbons (Fsp3) is 0. The van der Waals surface area contributed by atoms with E-state index in [4.69, 9.17) is 14.6 Å². The molecule has 0 saturated carbocycles. The fourth-order valence-electron chi connectivity index (χ4n) is 2.19. The third-order valence-electron chi connectivity index (χ3n) is 3.34. The fourth-order valence-corrected chi connectivity index (χ4v) is 2.30. The smallest absolute Gasteiger partial charge is 0.181 e. The zero-order chi connectivity index (χ0) is 18.2. The van der Waals surface area contributed by atoms with E-state index in [0.29, 0.717) is 5.76 Å². The average Bonchev–Trinajstić information content (AvgIpc) is 3.37. The number of thiocarbonyl (C=S) groups is 1. The van der Waals surface area contributed by atoms with Gasteiger partial charge in [-0.05, 0) is 36.5 Å². The number of hydrogen-bond acceptors (Lipinski definition) is 7. The highest BCUT2D eigenvalue weighted by molar-refractivity contribution is 7.78. The molecule has 0 spiro atoms. The molecule has 0 radical (unpaired) electrons. The number of isothiocyanates is 1. The highest BCUT2D eigenvalue weighted by atomic mass is 32.1. The molecule has 2 heterocycles. The molecule has 4 rings (SSSR count). The quantitative estimate of drug-likeness (QED) is 0.313. The average molecular weight is 362 g/mol. The van der Waals surface area contributed by atoms with Crippen molar-refractivity contribution in [2.75, 3.05) is 5.73 Å². The SMILES string of the molecule is Nc1cccc(-c2cnco2)c1.S=C=Nc1cccc(-c2cnco2)c1. The van der Waals surface area contributed by atoms with Gasteiger partial charge in [0.05, 0.1) is 23.2 Å². The van der Waals surface area contributed by atoms with Gasteiger partial charge >= 0.3 is 0 Å². The molecule has 0 saturated heterocycles. The molecular formula is C19H14N4O2S. The lowest BCUT2D eigenvalue weighted by Crippen LogP contribution is -1.83. The molecule has 0 fully saturated rings. The Bertz CT molecular complexity index is 1010. The van der Waals surface area contributed by atoms with Gasteiger partial charge in [-0.15, -0.1) is 0 Å². The van der Waals surface area contributed by atoms with Crippen LogP contribution in [0.3, 0.4) is 0 Å². The van der Waals surface area contributed by atoms with Crippen LogP contribution in [0, 0.1) is 0 Å². The number of rotatable bonds is 3. The van der Waals surface area contributed by atoms with Gasteiger partial charge in [-0.1, -0.05) is 24.3 Å². The van der Waals surface area contributed by atoms with Gasteiger partial charge in [-0.3, -0.25) is 0 Å². The molecular weight excluding hydrogens is 348 g/mol. The van der Waals surface area contributed by atoms with E-state index in [0.717, 1.165) is 28.3 Å². The van der Waals surface area contributed by atoms with Gasteiger partial charge in [0.15, 0.2) is 24.3 Å². The van der Waals surface area contributed by atoms with Crippen LogP contribution in [0.4, 0.5) is 11.4 Å². The predicted molar refractivity (Wildman–Crippen MR) is 103 cm³/mol. The summed E-state index contributed by atoms with van der Waals surface area (Å²) in [4.78, 5) is 11.5. The first kappa shape index (κ1) is 17.3. The lowest BCUT2D eigenvalue weighted by atomic mass is 10.2. The third kappa shape index (κ3) is 4.51. The van der Waals surface area contributed by atoms with Crippen LogP contribution in [0.1, 0.15) is 0 Å². The molecule has 0 aliphatic heterocycles. The zero-order valence-electron chi connectivity index (χ0n) is 13.6. The predicted octanol–water partition coefficient (Wildman–Crippen LogP) is 5.00. The molecule has 4 aromatic rings. The van der Waals surface area contributed by atoms with Crippen LogP contribution in [0.2, 0.25) is 0 Å². The first-order valence-electron chi connectivity index (χ1n) is 7.57. The summed E-state index contributed by atoms with van der Waals surface area (Å²) in [5.41, 5.74) is 8.96. The Hall–Kier alpha value is -3.54. The summed E-state index contributed by atoms with van der Waals surface area (Å²) in [6, 6.07) is 15.0. The molecule has 2 N–H and O–H groups in total. The molecule has 0 amide bonds. The molecule has 6 nitrogen and oxygen atoms in total.